The van der Waals surface area contributed by atoms with E-state index in [1.165, 1.54) is 10.9 Å². The van der Waals surface area contributed by atoms with Crippen LogP contribution >= 0.6 is 11.8 Å². The third-order valence-corrected chi connectivity index (χ3v) is 3.93. The number of nitrogens with one attached hydrogen (secondary N) is 1. The zero-order valence-corrected chi connectivity index (χ0v) is 11.6. The van der Waals surface area contributed by atoms with Crippen LogP contribution in [0, 0.1) is 0 Å². The summed E-state index contributed by atoms with van der Waals surface area (Å²) in [6, 6.07) is 0. The van der Waals surface area contributed by atoms with E-state index in [1.807, 2.05) is 0 Å². The second-order valence-corrected chi connectivity index (χ2v) is 5.24. The van der Waals surface area contributed by atoms with E-state index in [2.05, 4.69) is 15.1 Å². The second kappa shape index (κ2) is 6.06. The molecule has 0 aliphatic rings. The van der Waals surface area contributed by atoms with Gasteiger partial charge in [0.15, 0.2) is 10.8 Å². The zero-order chi connectivity index (χ0) is 14.7. The molecule has 1 atom stereocenters. The zero-order valence-electron chi connectivity index (χ0n) is 10.7. The van der Waals surface area contributed by atoms with Gasteiger partial charge in [-0.15, -0.1) is 0 Å². The minimum absolute atomic E-state index is 0.125. The minimum atomic E-state index is -0.955. The lowest BCUT2D eigenvalue weighted by molar-refractivity contribution is -0.136. The van der Waals surface area contributed by atoms with Crippen molar-refractivity contribution in [1.29, 1.82) is 0 Å². The van der Waals surface area contributed by atoms with Crippen LogP contribution in [0.1, 0.15) is 13.3 Å². The predicted molar refractivity (Wildman–Crippen MR) is 72.8 cm³/mol. The number of aliphatic carboxylic acids is 1. The van der Waals surface area contributed by atoms with E-state index >= 15 is 0 Å². The summed E-state index contributed by atoms with van der Waals surface area (Å²) in [5.74, 6) is -0.955. The number of thioether (sulfide) groups is 1. The van der Waals surface area contributed by atoms with Gasteiger partial charge >= 0.3 is 5.97 Å². The Bertz CT molecular complexity index is 681. The molecule has 0 radical (unpaired) electrons. The molecule has 20 heavy (non-hydrogen) atoms. The van der Waals surface area contributed by atoms with E-state index in [4.69, 9.17) is 10.2 Å². The summed E-state index contributed by atoms with van der Waals surface area (Å²) >= 11 is 0.986. The molecule has 0 fully saturated rings. The van der Waals surface area contributed by atoms with Crippen molar-refractivity contribution in [1.82, 2.24) is 19.7 Å². The first-order valence-electron chi connectivity index (χ1n) is 6.03. The fourth-order valence-electron chi connectivity index (χ4n) is 1.70. The number of aliphatic hydroxyl groups is 1. The van der Waals surface area contributed by atoms with E-state index in [-0.39, 0.29) is 23.9 Å². The number of carbonyl (C=O) groups is 1. The standard InChI is InChI=1S/C11H14N4O4S/c1-2-7(10(18)19)20-11-13-8-6(9(17)14-11)5-12-15(8)3-4-16/h5,7,16H,2-4H2,1H3,(H,18,19)(H,13,14,17). The van der Waals surface area contributed by atoms with Crippen molar-refractivity contribution in [2.24, 2.45) is 0 Å². The Hall–Kier alpha value is -1.87. The Balaban J connectivity index is 2.42. The van der Waals surface area contributed by atoms with Crippen LogP contribution in [0.3, 0.4) is 0 Å². The van der Waals surface area contributed by atoms with Gasteiger partial charge in [-0.2, -0.15) is 5.10 Å². The van der Waals surface area contributed by atoms with Crippen LogP contribution in [0.5, 0.6) is 0 Å². The van der Waals surface area contributed by atoms with Gasteiger partial charge in [-0.25, -0.2) is 9.67 Å². The Kier molecular flexibility index (Phi) is 4.40. The molecule has 2 aromatic rings. The molecule has 3 N–H and O–H groups in total. The average molecular weight is 298 g/mol. The number of nitrogens with zero attached hydrogens (tertiary/aromatic N) is 3. The van der Waals surface area contributed by atoms with Crippen molar-refractivity contribution in [3.05, 3.63) is 16.6 Å². The molecule has 9 heteroatoms. The largest absolute Gasteiger partial charge is 0.480 e. The second-order valence-electron chi connectivity index (χ2n) is 4.05. The number of hydrogen-bond acceptors (Lipinski definition) is 6. The number of aromatic amines is 1. The van der Waals surface area contributed by atoms with Gasteiger partial charge in [0.05, 0.1) is 19.3 Å². The summed E-state index contributed by atoms with van der Waals surface area (Å²) in [5.41, 5.74) is -0.0347. The van der Waals surface area contributed by atoms with Crippen LogP contribution in [0.2, 0.25) is 0 Å². The fourth-order valence-corrected chi connectivity index (χ4v) is 2.53. The summed E-state index contributed by atoms with van der Waals surface area (Å²) in [6.45, 7) is 1.85. The molecule has 0 amide bonds. The smallest absolute Gasteiger partial charge is 0.317 e. The quantitative estimate of drug-likeness (QED) is 0.509. The SMILES string of the molecule is CCC(Sc1nc2c(cnn2CCO)c(=O)[nH]1)C(=O)O. The summed E-state index contributed by atoms with van der Waals surface area (Å²) in [5, 5.41) is 21.8. The topological polar surface area (TPSA) is 121 Å². The number of carboxylic acids is 1. The third kappa shape index (κ3) is 2.83. The Morgan fingerprint density at radius 2 is 2.35 bits per heavy atom. The van der Waals surface area contributed by atoms with Gasteiger partial charge in [0.25, 0.3) is 5.56 Å². The fraction of sp³-hybridized carbons (Fsp3) is 0.455. The van der Waals surface area contributed by atoms with E-state index in [0.29, 0.717) is 17.5 Å². The number of H-pyrrole nitrogens is 1. The number of aliphatic hydroxyl groups excluding tert-OH is 1. The molecule has 0 saturated carbocycles. The molecule has 8 nitrogen and oxygen atoms in total. The maximum absolute atomic E-state index is 11.9. The highest BCUT2D eigenvalue weighted by molar-refractivity contribution is 8.00. The molecule has 0 bridgehead atoms. The van der Waals surface area contributed by atoms with E-state index in [9.17, 15) is 9.59 Å². The first kappa shape index (κ1) is 14.5. The number of hydrogen-bond donors (Lipinski definition) is 3. The van der Waals surface area contributed by atoms with Crippen molar-refractivity contribution in [2.75, 3.05) is 6.61 Å². The molecule has 0 aliphatic carbocycles. The molecular formula is C11H14N4O4S. The Morgan fingerprint density at radius 3 is 2.95 bits per heavy atom. The third-order valence-electron chi connectivity index (χ3n) is 2.70. The number of carboxylic acid groups (broad SMARTS) is 1. The van der Waals surface area contributed by atoms with Gasteiger partial charge in [-0.3, -0.25) is 9.59 Å². The maximum atomic E-state index is 11.9. The summed E-state index contributed by atoms with van der Waals surface area (Å²) in [7, 11) is 0. The number of fused-ring (bicyclic) bond motifs is 1. The molecule has 0 aromatic carbocycles. The Labute approximate surface area is 117 Å². The van der Waals surface area contributed by atoms with Gasteiger partial charge in [-0.05, 0) is 6.42 Å². The molecular weight excluding hydrogens is 284 g/mol. The summed E-state index contributed by atoms with van der Waals surface area (Å²) in [6.07, 6.45) is 1.79. The lowest BCUT2D eigenvalue weighted by Crippen LogP contribution is -2.17. The average Bonchev–Trinajstić information content (AvgIpc) is 2.80. The molecule has 1 unspecified atom stereocenters. The van der Waals surface area contributed by atoms with Crippen molar-refractivity contribution < 1.29 is 15.0 Å². The number of aromatic nitrogens is 4. The lowest BCUT2D eigenvalue weighted by Gasteiger charge is -2.08. The highest BCUT2D eigenvalue weighted by Crippen LogP contribution is 2.22. The molecule has 0 aliphatic heterocycles. The van der Waals surface area contributed by atoms with Crippen molar-refractivity contribution in [3.63, 3.8) is 0 Å². The maximum Gasteiger partial charge on any atom is 0.317 e. The van der Waals surface area contributed by atoms with Crippen LogP contribution in [-0.4, -0.2) is 47.8 Å². The summed E-state index contributed by atoms with van der Waals surface area (Å²) < 4.78 is 1.41. The van der Waals surface area contributed by atoms with Crippen LogP contribution in [-0.2, 0) is 11.3 Å². The monoisotopic (exact) mass is 298 g/mol. The van der Waals surface area contributed by atoms with Gasteiger partial charge in [0, 0.05) is 0 Å². The Morgan fingerprint density at radius 1 is 1.60 bits per heavy atom. The van der Waals surface area contributed by atoms with E-state index < -0.39 is 11.2 Å². The van der Waals surface area contributed by atoms with Crippen molar-refractivity contribution in [2.45, 2.75) is 30.3 Å². The highest BCUT2D eigenvalue weighted by Gasteiger charge is 2.19. The van der Waals surface area contributed by atoms with E-state index in [1.54, 1.807) is 6.92 Å². The van der Waals surface area contributed by atoms with Gasteiger partial charge in [-0.1, -0.05) is 18.7 Å². The summed E-state index contributed by atoms with van der Waals surface area (Å²) in [4.78, 5) is 29.7. The van der Waals surface area contributed by atoms with Crippen LogP contribution in [0.15, 0.2) is 16.1 Å². The lowest BCUT2D eigenvalue weighted by atomic mass is 10.3. The minimum Gasteiger partial charge on any atom is -0.480 e. The normalized spacial score (nSPS) is 12.7. The van der Waals surface area contributed by atoms with Crippen LogP contribution in [0.25, 0.3) is 11.0 Å². The first-order valence-corrected chi connectivity index (χ1v) is 6.91. The first-order chi connectivity index (χ1) is 9.56. The van der Waals surface area contributed by atoms with Crippen molar-refractivity contribution in [3.8, 4) is 0 Å². The van der Waals surface area contributed by atoms with Crippen LogP contribution in [0.4, 0.5) is 0 Å². The highest BCUT2D eigenvalue weighted by atomic mass is 32.2. The molecule has 2 aromatic heterocycles. The predicted octanol–water partition coefficient (Wildman–Crippen LogP) is 0.0672. The van der Waals surface area contributed by atoms with Gasteiger partial charge in [0.2, 0.25) is 0 Å². The molecule has 0 spiro atoms. The molecule has 0 saturated heterocycles. The van der Waals surface area contributed by atoms with E-state index in [0.717, 1.165) is 11.8 Å². The molecule has 2 rings (SSSR count). The molecule has 2 heterocycles. The van der Waals surface area contributed by atoms with Crippen molar-refractivity contribution >= 4 is 28.8 Å². The van der Waals surface area contributed by atoms with Crippen LogP contribution < -0.4 is 5.56 Å². The van der Waals surface area contributed by atoms with Gasteiger partial charge in [0.1, 0.15) is 10.6 Å². The van der Waals surface area contributed by atoms with Gasteiger partial charge < -0.3 is 15.2 Å². The number of rotatable bonds is 6. The molecule has 108 valence electrons.